The molecule has 110 valence electrons. The average Bonchev–Trinajstić information content (AvgIpc) is 2.57. The lowest BCUT2D eigenvalue weighted by Crippen LogP contribution is -2.41. The molecule has 0 radical (unpaired) electrons. The van der Waals surface area contributed by atoms with Crippen LogP contribution in [0.5, 0.6) is 0 Å². The van der Waals surface area contributed by atoms with E-state index in [1.165, 1.54) is 0 Å². The molecule has 1 aliphatic heterocycles. The molecule has 1 aromatic heterocycles. The average molecular weight is 279 g/mol. The summed E-state index contributed by atoms with van der Waals surface area (Å²) >= 11 is 0. The minimum absolute atomic E-state index is 0.247. The summed E-state index contributed by atoms with van der Waals surface area (Å²) < 4.78 is 25.9. The van der Waals surface area contributed by atoms with Gasteiger partial charge in [-0.05, 0) is 46.1 Å². The van der Waals surface area contributed by atoms with E-state index in [0.29, 0.717) is 5.46 Å². The Morgan fingerprint density at radius 3 is 2.20 bits per heavy atom. The van der Waals surface area contributed by atoms with Crippen molar-refractivity contribution >= 4 is 12.6 Å². The number of hydrogen-bond acceptors (Lipinski definition) is 3. The first-order valence-corrected chi connectivity index (χ1v) is 7.20. The molecule has 5 heteroatoms. The van der Waals surface area contributed by atoms with E-state index in [1.54, 1.807) is 6.07 Å². The first kappa shape index (κ1) is 15.5. The summed E-state index contributed by atoms with van der Waals surface area (Å²) in [7, 11) is -0.696. The molecule has 3 nitrogen and oxygen atoms in total. The van der Waals surface area contributed by atoms with Crippen molar-refractivity contribution in [2.24, 2.45) is 0 Å². The number of halogens is 1. The summed E-state index contributed by atoms with van der Waals surface area (Å²) in [4.78, 5) is 4.06. The van der Waals surface area contributed by atoms with Gasteiger partial charge in [0, 0.05) is 11.2 Å². The maximum atomic E-state index is 14.2. The SMILES string of the molecule is CCC(C)c1ccc(B2OC(C)(C)C(C)(C)O2)c(F)n1. The normalized spacial score (nSPS) is 22.1. The summed E-state index contributed by atoms with van der Waals surface area (Å²) in [6.07, 6.45) is 0.933. The van der Waals surface area contributed by atoms with Gasteiger partial charge in [-0.25, -0.2) is 4.98 Å². The largest absolute Gasteiger partial charge is 0.499 e. The summed E-state index contributed by atoms with van der Waals surface area (Å²) in [6, 6.07) is 3.59. The maximum absolute atomic E-state index is 14.2. The molecule has 0 saturated carbocycles. The highest BCUT2D eigenvalue weighted by atomic mass is 19.1. The van der Waals surface area contributed by atoms with Gasteiger partial charge in [0.2, 0.25) is 5.95 Å². The molecule has 2 rings (SSSR count). The fourth-order valence-corrected chi connectivity index (χ4v) is 2.09. The Bertz CT molecular complexity index is 489. The van der Waals surface area contributed by atoms with Crippen molar-refractivity contribution in [2.75, 3.05) is 0 Å². The minimum atomic E-state index is -0.696. The second-order valence-corrected chi connectivity index (χ2v) is 6.51. The summed E-state index contributed by atoms with van der Waals surface area (Å²) in [5, 5.41) is 0. The molecule has 2 heterocycles. The van der Waals surface area contributed by atoms with Crippen LogP contribution in [-0.4, -0.2) is 23.3 Å². The van der Waals surface area contributed by atoms with E-state index in [-0.39, 0.29) is 5.92 Å². The predicted molar refractivity (Wildman–Crippen MR) is 78.6 cm³/mol. The van der Waals surface area contributed by atoms with Crippen molar-refractivity contribution in [1.82, 2.24) is 4.98 Å². The monoisotopic (exact) mass is 279 g/mol. The summed E-state index contributed by atoms with van der Waals surface area (Å²) in [5.74, 6) is -0.252. The van der Waals surface area contributed by atoms with Gasteiger partial charge in [-0.3, -0.25) is 0 Å². The molecular weight excluding hydrogens is 256 g/mol. The van der Waals surface area contributed by atoms with Crippen molar-refractivity contribution in [1.29, 1.82) is 0 Å². The van der Waals surface area contributed by atoms with Crippen LogP contribution in [0.4, 0.5) is 4.39 Å². The highest BCUT2D eigenvalue weighted by Crippen LogP contribution is 2.36. The highest BCUT2D eigenvalue weighted by Gasteiger charge is 2.52. The van der Waals surface area contributed by atoms with Gasteiger partial charge < -0.3 is 9.31 Å². The summed E-state index contributed by atoms with van der Waals surface area (Å²) in [5.41, 5.74) is 0.194. The molecule has 0 spiro atoms. The maximum Gasteiger partial charge on any atom is 0.499 e. The lowest BCUT2D eigenvalue weighted by molar-refractivity contribution is 0.00578. The molecule has 0 amide bonds. The molecular formula is C15H23BFNO2. The number of nitrogens with zero attached hydrogens (tertiary/aromatic N) is 1. The number of hydrogen-bond donors (Lipinski definition) is 0. The van der Waals surface area contributed by atoms with Gasteiger partial charge in [0.05, 0.1) is 11.2 Å². The molecule has 1 fully saturated rings. The molecule has 1 unspecified atom stereocenters. The van der Waals surface area contributed by atoms with Crippen LogP contribution in [0, 0.1) is 5.95 Å². The van der Waals surface area contributed by atoms with E-state index in [4.69, 9.17) is 9.31 Å². The fraction of sp³-hybridized carbons (Fsp3) is 0.667. The third-order valence-corrected chi connectivity index (χ3v) is 4.52. The molecule has 1 aromatic rings. The fourth-order valence-electron chi connectivity index (χ4n) is 2.09. The molecule has 1 atom stereocenters. The summed E-state index contributed by atoms with van der Waals surface area (Å²) in [6.45, 7) is 11.9. The van der Waals surface area contributed by atoms with Crippen LogP contribution in [0.3, 0.4) is 0 Å². The minimum Gasteiger partial charge on any atom is -0.399 e. The zero-order valence-electron chi connectivity index (χ0n) is 13.2. The van der Waals surface area contributed by atoms with Crippen LogP contribution in [0.2, 0.25) is 0 Å². The van der Waals surface area contributed by atoms with E-state index < -0.39 is 24.3 Å². The van der Waals surface area contributed by atoms with Gasteiger partial charge in [-0.1, -0.05) is 19.9 Å². The molecule has 0 aliphatic carbocycles. The van der Waals surface area contributed by atoms with Crippen LogP contribution in [0.15, 0.2) is 12.1 Å². The van der Waals surface area contributed by atoms with Crippen LogP contribution >= 0.6 is 0 Å². The molecule has 0 N–H and O–H groups in total. The van der Waals surface area contributed by atoms with Crippen LogP contribution < -0.4 is 5.46 Å². The first-order valence-electron chi connectivity index (χ1n) is 7.20. The standard InChI is InChI=1S/C15H23BFNO2/c1-7-10(2)12-9-8-11(13(17)18-12)16-19-14(3,4)15(5,6)20-16/h8-10H,7H2,1-6H3. The Labute approximate surface area is 121 Å². The second kappa shape index (κ2) is 5.12. The molecule has 0 bridgehead atoms. The van der Waals surface area contributed by atoms with Crippen LogP contribution in [0.1, 0.15) is 59.6 Å². The van der Waals surface area contributed by atoms with Gasteiger partial charge in [-0.2, -0.15) is 4.39 Å². The number of rotatable bonds is 3. The topological polar surface area (TPSA) is 31.4 Å². The second-order valence-electron chi connectivity index (χ2n) is 6.51. The van der Waals surface area contributed by atoms with Crippen molar-refractivity contribution in [3.63, 3.8) is 0 Å². The Kier molecular flexibility index (Phi) is 3.95. The quantitative estimate of drug-likeness (QED) is 0.629. The van der Waals surface area contributed by atoms with Gasteiger partial charge in [0.1, 0.15) is 0 Å². The third kappa shape index (κ3) is 2.61. The van der Waals surface area contributed by atoms with Gasteiger partial charge in [0.15, 0.2) is 0 Å². The van der Waals surface area contributed by atoms with Crippen molar-refractivity contribution in [2.45, 2.75) is 65.1 Å². The van der Waals surface area contributed by atoms with Crippen LogP contribution in [0.25, 0.3) is 0 Å². The smallest absolute Gasteiger partial charge is 0.399 e. The Morgan fingerprint density at radius 1 is 1.20 bits per heavy atom. The van der Waals surface area contributed by atoms with E-state index in [2.05, 4.69) is 11.9 Å². The Hall–Kier alpha value is -0.935. The molecule has 20 heavy (non-hydrogen) atoms. The van der Waals surface area contributed by atoms with Gasteiger partial charge >= 0.3 is 7.12 Å². The van der Waals surface area contributed by atoms with Crippen molar-refractivity contribution in [3.8, 4) is 0 Å². The molecule has 1 saturated heterocycles. The zero-order chi connectivity index (χ0) is 15.1. The lowest BCUT2D eigenvalue weighted by Gasteiger charge is -2.32. The Morgan fingerprint density at radius 2 is 1.75 bits per heavy atom. The van der Waals surface area contributed by atoms with E-state index in [0.717, 1.165) is 12.1 Å². The van der Waals surface area contributed by atoms with E-state index in [1.807, 2.05) is 40.7 Å². The third-order valence-electron chi connectivity index (χ3n) is 4.52. The van der Waals surface area contributed by atoms with E-state index >= 15 is 0 Å². The van der Waals surface area contributed by atoms with Gasteiger partial charge in [0.25, 0.3) is 0 Å². The first-order chi connectivity index (χ1) is 9.18. The Balaban J connectivity index is 2.28. The van der Waals surface area contributed by atoms with E-state index in [9.17, 15) is 4.39 Å². The predicted octanol–water partition coefficient (Wildman–Crippen LogP) is 3.03. The van der Waals surface area contributed by atoms with Crippen molar-refractivity contribution < 1.29 is 13.7 Å². The molecule has 1 aliphatic rings. The highest BCUT2D eigenvalue weighted by molar-refractivity contribution is 6.62. The molecule has 0 aromatic carbocycles. The van der Waals surface area contributed by atoms with Crippen molar-refractivity contribution in [3.05, 3.63) is 23.8 Å². The zero-order valence-corrected chi connectivity index (χ0v) is 13.2. The number of pyridine rings is 1. The van der Waals surface area contributed by atoms with Crippen LogP contribution in [-0.2, 0) is 9.31 Å². The lowest BCUT2D eigenvalue weighted by atomic mass is 9.79. The van der Waals surface area contributed by atoms with Gasteiger partial charge in [-0.15, -0.1) is 0 Å². The number of aromatic nitrogens is 1.